The van der Waals surface area contributed by atoms with Gasteiger partial charge in [-0.15, -0.1) is 0 Å². The predicted octanol–water partition coefficient (Wildman–Crippen LogP) is 4.98. The van der Waals surface area contributed by atoms with Gasteiger partial charge in [-0.3, -0.25) is 9.56 Å². The number of likely N-dealkylation sites (tertiary alicyclic amines) is 1. The first-order chi connectivity index (χ1) is 21.5. The first-order valence-corrected chi connectivity index (χ1v) is 14.9. The SMILES string of the molecule is C/C=C\C1=C(C)C(c2ccccc2)=N[C@@H](NC(=O)N2CCC(n3cc(Cc4ccccc4)[nH]c3=O)CC2)C(O)N1CC(F)(F)F. The average Bonchev–Trinajstić information content (AvgIpc) is 3.36. The largest absolute Gasteiger partial charge is 0.406 e. The third-order valence-corrected chi connectivity index (χ3v) is 8.09. The normalized spacial score (nSPS) is 20.0. The summed E-state index contributed by atoms with van der Waals surface area (Å²) in [4.78, 5) is 36.1. The summed E-state index contributed by atoms with van der Waals surface area (Å²) in [5.41, 5.74) is 3.27. The minimum absolute atomic E-state index is 0.119. The molecule has 1 unspecified atom stereocenters. The Kier molecular flexibility index (Phi) is 9.62. The Bertz CT molecular complexity index is 1620. The van der Waals surface area contributed by atoms with Gasteiger partial charge in [-0.05, 0) is 43.9 Å². The zero-order valence-corrected chi connectivity index (χ0v) is 25.2. The molecule has 1 saturated heterocycles. The van der Waals surface area contributed by atoms with Gasteiger partial charge < -0.3 is 25.2 Å². The Morgan fingerprint density at radius 1 is 1.09 bits per heavy atom. The van der Waals surface area contributed by atoms with Crippen LogP contribution in [0.15, 0.2) is 100 Å². The maximum absolute atomic E-state index is 13.7. The molecule has 3 heterocycles. The van der Waals surface area contributed by atoms with Crippen LogP contribution < -0.4 is 11.0 Å². The van der Waals surface area contributed by atoms with Crippen LogP contribution in [0.3, 0.4) is 0 Å². The summed E-state index contributed by atoms with van der Waals surface area (Å²) >= 11 is 0. The van der Waals surface area contributed by atoms with Crippen LogP contribution in [-0.2, 0) is 6.42 Å². The lowest BCUT2D eigenvalue weighted by atomic mass is 10.0. The number of rotatable bonds is 7. The zero-order valence-electron chi connectivity index (χ0n) is 25.2. The van der Waals surface area contributed by atoms with E-state index in [1.807, 2.05) is 42.6 Å². The summed E-state index contributed by atoms with van der Waals surface area (Å²) in [7, 11) is 0. The van der Waals surface area contributed by atoms with Crippen LogP contribution in [0.25, 0.3) is 0 Å². The lowest BCUT2D eigenvalue weighted by Crippen LogP contribution is -2.55. The van der Waals surface area contributed by atoms with Crippen LogP contribution in [0.5, 0.6) is 0 Å². The van der Waals surface area contributed by atoms with E-state index in [-0.39, 0.29) is 17.4 Å². The lowest BCUT2D eigenvalue weighted by molar-refractivity contribution is -0.161. The predicted molar refractivity (Wildman–Crippen MR) is 166 cm³/mol. The van der Waals surface area contributed by atoms with Gasteiger partial charge in [0.25, 0.3) is 0 Å². The van der Waals surface area contributed by atoms with Crippen molar-refractivity contribution < 1.29 is 23.1 Å². The molecule has 0 bridgehead atoms. The van der Waals surface area contributed by atoms with Crippen LogP contribution in [0, 0.1) is 0 Å². The number of piperidine rings is 1. The smallest absolute Gasteiger partial charge is 0.370 e. The Morgan fingerprint density at radius 3 is 2.36 bits per heavy atom. The molecule has 0 saturated carbocycles. The van der Waals surface area contributed by atoms with Crippen LogP contribution in [0.2, 0.25) is 0 Å². The summed E-state index contributed by atoms with van der Waals surface area (Å²) in [6.45, 7) is 2.52. The van der Waals surface area contributed by atoms with E-state index >= 15 is 0 Å². The molecule has 0 aliphatic carbocycles. The molecule has 0 radical (unpaired) electrons. The second kappa shape index (κ2) is 13.6. The number of aliphatic imine (C=N–C) groups is 1. The Balaban J connectivity index is 1.33. The number of imidazole rings is 1. The van der Waals surface area contributed by atoms with Crippen LogP contribution in [0.1, 0.15) is 49.6 Å². The summed E-state index contributed by atoms with van der Waals surface area (Å²) in [6, 6.07) is 18.1. The minimum Gasteiger partial charge on any atom is -0.370 e. The number of urea groups is 1. The fourth-order valence-electron chi connectivity index (χ4n) is 5.90. The number of carbonyl (C=O) groups is 1. The molecule has 238 valence electrons. The number of halogens is 3. The number of alkyl halides is 3. The zero-order chi connectivity index (χ0) is 32.1. The molecule has 2 atom stereocenters. The van der Waals surface area contributed by atoms with Gasteiger partial charge in [-0.2, -0.15) is 13.2 Å². The highest BCUT2D eigenvalue weighted by Gasteiger charge is 2.40. The molecule has 12 heteroatoms. The molecule has 1 aromatic heterocycles. The number of carbonyl (C=O) groups excluding carboxylic acids is 1. The Morgan fingerprint density at radius 2 is 1.73 bits per heavy atom. The molecular formula is C33H37F3N6O3. The standard InChI is InChI=1S/C33H37F3N6O3/c1-3-10-27-22(2)28(24-13-8-5-9-14-24)38-29(30(43)42(27)21-33(34,35)36)39-31(44)40-17-15-26(16-18-40)41-20-25(37-32(41)45)19-23-11-6-4-7-12-23/h3-14,20,26,29-30,43H,15-19,21H2,1-2H3,(H,37,45)(H,39,44)/b10-3-/t29-,30?/m0/s1. The van der Waals surface area contributed by atoms with Crippen molar-refractivity contribution in [1.82, 2.24) is 24.7 Å². The van der Waals surface area contributed by atoms with E-state index in [2.05, 4.69) is 15.3 Å². The van der Waals surface area contributed by atoms with Gasteiger partial charge in [-0.1, -0.05) is 66.7 Å². The number of hydrogen-bond acceptors (Lipinski definition) is 5. The summed E-state index contributed by atoms with van der Waals surface area (Å²) in [6.07, 6.45) is -1.27. The molecule has 2 aliphatic rings. The summed E-state index contributed by atoms with van der Waals surface area (Å²) in [5.74, 6) is 0. The van der Waals surface area contributed by atoms with Crippen molar-refractivity contribution in [2.24, 2.45) is 4.99 Å². The van der Waals surface area contributed by atoms with Crippen molar-refractivity contribution in [2.45, 2.75) is 57.7 Å². The average molecular weight is 623 g/mol. The monoisotopic (exact) mass is 622 g/mol. The molecule has 2 aliphatic heterocycles. The topological polar surface area (TPSA) is 106 Å². The van der Waals surface area contributed by atoms with Gasteiger partial charge in [0.2, 0.25) is 0 Å². The van der Waals surface area contributed by atoms with E-state index in [0.717, 1.165) is 16.2 Å². The fourth-order valence-corrected chi connectivity index (χ4v) is 5.90. The molecular weight excluding hydrogens is 585 g/mol. The number of aromatic nitrogens is 2. The molecule has 9 nitrogen and oxygen atoms in total. The molecule has 0 spiro atoms. The van der Waals surface area contributed by atoms with E-state index in [0.29, 0.717) is 49.2 Å². The van der Waals surface area contributed by atoms with Crippen LogP contribution in [0.4, 0.5) is 18.0 Å². The number of nitrogens with one attached hydrogen (secondary N) is 2. The third kappa shape index (κ3) is 7.56. The number of aliphatic hydroxyl groups excluding tert-OH is 1. The second-order valence-corrected chi connectivity index (χ2v) is 11.3. The molecule has 3 N–H and O–H groups in total. The van der Waals surface area contributed by atoms with E-state index in [4.69, 9.17) is 0 Å². The van der Waals surface area contributed by atoms with Gasteiger partial charge in [0.15, 0.2) is 12.4 Å². The summed E-state index contributed by atoms with van der Waals surface area (Å²) in [5, 5.41) is 14.0. The maximum Gasteiger partial charge on any atom is 0.406 e. The van der Waals surface area contributed by atoms with Gasteiger partial charge in [0.05, 0.1) is 5.71 Å². The Hall–Kier alpha value is -4.58. The maximum atomic E-state index is 13.7. The van der Waals surface area contributed by atoms with Crippen LogP contribution in [-0.4, -0.2) is 74.4 Å². The molecule has 2 amide bonds. The number of allylic oxidation sites excluding steroid dienone is 3. The number of aromatic amines is 1. The molecule has 45 heavy (non-hydrogen) atoms. The number of nitrogens with zero attached hydrogens (tertiary/aromatic N) is 4. The highest BCUT2D eigenvalue weighted by atomic mass is 19.4. The highest BCUT2D eigenvalue weighted by molar-refractivity contribution is 6.13. The fraction of sp³-hybridized carbons (Fsp3) is 0.364. The van der Waals surface area contributed by atoms with Gasteiger partial charge in [0.1, 0.15) is 6.54 Å². The molecule has 2 aromatic carbocycles. The second-order valence-electron chi connectivity index (χ2n) is 11.3. The van der Waals surface area contributed by atoms with E-state index in [1.165, 1.54) is 11.0 Å². The van der Waals surface area contributed by atoms with Crippen LogP contribution >= 0.6 is 0 Å². The quantitative estimate of drug-likeness (QED) is 0.346. The molecule has 3 aromatic rings. The number of H-pyrrole nitrogens is 1. The van der Waals surface area contributed by atoms with Crippen molar-refractivity contribution in [3.8, 4) is 0 Å². The van der Waals surface area contributed by atoms with Gasteiger partial charge >= 0.3 is 17.9 Å². The minimum atomic E-state index is -4.63. The van der Waals surface area contributed by atoms with E-state index in [1.54, 1.807) is 48.8 Å². The molecule has 5 rings (SSSR count). The Labute approximate surface area is 259 Å². The number of hydrogen-bond donors (Lipinski definition) is 3. The number of aliphatic hydroxyl groups is 1. The van der Waals surface area contributed by atoms with Crippen molar-refractivity contribution >= 4 is 11.7 Å². The lowest BCUT2D eigenvalue weighted by Gasteiger charge is -2.36. The van der Waals surface area contributed by atoms with E-state index in [9.17, 15) is 27.9 Å². The number of benzene rings is 2. The van der Waals surface area contributed by atoms with Gasteiger partial charge in [0, 0.05) is 48.7 Å². The van der Waals surface area contributed by atoms with Crippen molar-refractivity contribution in [1.29, 1.82) is 0 Å². The van der Waals surface area contributed by atoms with Crippen molar-refractivity contribution in [3.05, 3.63) is 118 Å². The molecule has 1 fully saturated rings. The number of amides is 2. The first kappa shape index (κ1) is 31.8. The van der Waals surface area contributed by atoms with E-state index < -0.39 is 31.1 Å². The van der Waals surface area contributed by atoms with Crippen molar-refractivity contribution in [3.63, 3.8) is 0 Å². The first-order valence-electron chi connectivity index (χ1n) is 14.9. The van der Waals surface area contributed by atoms with Crippen molar-refractivity contribution in [2.75, 3.05) is 19.6 Å². The van der Waals surface area contributed by atoms with Gasteiger partial charge in [-0.25, -0.2) is 9.59 Å². The summed E-state index contributed by atoms with van der Waals surface area (Å²) < 4.78 is 42.9. The highest BCUT2D eigenvalue weighted by Crippen LogP contribution is 2.29. The third-order valence-electron chi connectivity index (χ3n) is 8.09.